The first-order valence-corrected chi connectivity index (χ1v) is 5.87. The van der Waals surface area contributed by atoms with Crippen LogP contribution in [0, 0.1) is 0 Å². The van der Waals surface area contributed by atoms with E-state index in [1.807, 2.05) is 35.6 Å². The van der Waals surface area contributed by atoms with Gasteiger partial charge in [-0.15, -0.1) is 0 Å². The number of carboxylic acids is 1. The number of imide groups is 1. The molecule has 3 N–H and O–H groups in total. The average Bonchev–Trinajstić information content (AvgIpc) is 2.82. The number of nitrogens with one attached hydrogen (secondary N) is 1. The van der Waals surface area contributed by atoms with Crippen molar-refractivity contribution in [3.63, 3.8) is 0 Å². The van der Waals surface area contributed by atoms with Crippen molar-refractivity contribution < 1.29 is 24.6 Å². The van der Waals surface area contributed by atoms with E-state index in [1.54, 1.807) is 0 Å². The number of benzene rings is 1. The van der Waals surface area contributed by atoms with Crippen molar-refractivity contribution in [2.45, 2.75) is 0 Å². The summed E-state index contributed by atoms with van der Waals surface area (Å²) in [5.41, 5.74) is 0.819. The molecule has 2 amide bonds. The van der Waals surface area contributed by atoms with Crippen molar-refractivity contribution in [2.75, 3.05) is 0 Å². The Labute approximate surface area is 120 Å². The van der Waals surface area contributed by atoms with Crippen LogP contribution >= 0.6 is 0 Å². The van der Waals surface area contributed by atoms with Crippen molar-refractivity contribution in [3.8, 4) is 0 Å². The minimum Gasteiger partial charge on any atom is -0.508 e. The SMILES string of the molecule is O=C(O)C=CC(O)=Cc1ccccc1.O=C1C=CC(=O)N1. The Balaban J connectivity index is 0.000000262. The van der Waals surface area contributed by atoms with Crippen molar-refractivity contribution in [2.24, 2.45) is 0 Å². The highest BCUT2D eigenvalue weighted by molar-refractivity contribution is 6.12. The van der Waals surface area contributed by atoms with Gasteiger partial charge in [-0.2, -0.15) is 0 Å². The van der Waals surface area contributed by atoms with E-state index in [0.29, 0.717) is 0 Å². The standard InChI is InChI=1S/C11H10O3.C4H3NO2/c12-10(6-7-11(13)14)8-9-4-2-1-3-5-9;6-3-1-2-4(7)5-3/h1-8,12H,(H,13,14);1-2H,(H,5,6,7). The van der Waals surface area contributed by atoms with E-state index in [1.165, 1.54) is 18.2 Å². The maximum absolute atomic E-state index is 10.1. The molecule has 108 valence electrons. The fourth-order valence-corrected chi connectivity index (χ4v) is 1.28. The van der Waals surface area contributed by atoms with Gasteiger partial charge in [-0.25, -0.2) is 4.79 Å². The first kappa shape index (κ1) is 15.9. The topological polar surface area (TPSA) is 104 Å². The van der Waals surface area contributed by atoms with E-state index < -0.39 is 5.97 Å². The summed E-state index contributed by atoms with van der Waals surface area (Å²) in [6.45, 7) is 0. The maximum atomic E-state index is 10.1. The zero-order chi connectivity index (χ0) is 15.7. The Morgan fingerprint density at radius 3 is 1.95 bits per heavy atom. The van der Waals surface area contributed by atoms with Crippen molar-refractivity contribution >= 4 is 23.9 Å². The van der Waals surface area contributed by atoms with Crippen LogP contribution in [0.1, 0.15) is 5.56 Å². The second-order valence-corrected chi connectivity index (χ2v) is 3.84. The van der Waals surface area contributed by atoms with E-state index in [-0.39, 0.29) is 17.6 Å². The smallest absolute Gasteiger partial charge is 0.328 e. The first-order valence-electron chi connectivity index (χ1n) is 5.87. The molecule has 0 unspecified atom stereocenters. The van der Waals surface area contributed by atoms with E-state index >= 15 is 0 Å². The Bertz CT molecular complexity index is 598. The molecule has 0 aliphatic carbocycles. The zero-order valence-electron chi connectivity index (χ0n) is 10.9. The maximum Gasteiger partial charge on any atom is 0.328 e. The van der Waals surface area contributed by atoms with Gasteiger partial charge in [0.25, 0.3) is 11.8 Å². The van der Waals surface area contributed by atoms with E-state index in [4.69, 9.17) is 5.11 Å². The number of aliphatic hydroxyl groups excluding tert-OH is 1. The lowest BCUT2D eigenvalue weighted by Gasteiger charge is -1.92. The number of hydrogen-bond donors (Lipinski definition) is 3. The number of rotatable bonds is 3. The third kappa shape index (κ3) is 7.12. The quantitative estimate of drug-likeness (QED) is 0.337. The summed E-state index contributed by atoms with van der Waals surface area (Å²) in [6.07, 6.45) is 5.90. The van der Waals surface area contributed by atoms with Crippen LogP contribution in [0.25, 0.3) is 6.08 Å². The molecule has 1 aliphatic rings. The lowest BCUT2D eigenvalue weighted by Crippen LogP contribution is -2.19. The number of carbonyl (C=O) groups is 3. The fourth-order valence-electron chi connectivity index (χ4n) is 1.28. The van der Waals surface area contributed by atoms with E-state index in [0.717, 1.165) is 17.7 Å². The molecule has 1 aromatic rings. The summed E-state index contributed by atoms with van der Waals surface area (Å²) in [5, 5.41) is 19.6. The number of amides is 2. The molecule has 0 saturated heterocycles. The first-order chi connectivity index (χ1) is 9.97. The van der Waals surface area contributed by atoms with Gasteiger partial charge < -0.3 is 10.2 Å². The molecule has 1 heterocycles. The van der Waals surface area contributed by atoms with Crippen LogP contribution in [0.3, 0.4) is 0 Å². The average molecular weight is 287 g/mol. The Kier molecular flexibility index (Phi) is 6.14. The van der Waals surface area contributed by atoms with Crippen molar-refractivity contribution in [1.82, 2.24) is 5.32 Å². The predicted molar refractivity (Wildman–Crippen MR) is 76.1 cm³/mol. The minimum atomic E-state index is -1.09. The van der Waals surface area contributed by atoms with Crippen LogP contribution in [0.4, 0.5) is 0 Å². The number of hydrogen-bond acceptors (Lipinski definition) is 4. The lowest BCUT2D eigenvalue weighted by molar-refractivity contribution is -0.131. The fraction of sp³-hybridized carbons (Fsp3) is 0. The molecule has 0 saturated carbocycles. The summed E-state index contributed by atoms with van der Waals surface area (Å²) in [6, 6.07) is 9.15. The van der Waals surface area contributed by atoms with Gasteiger partial charge in [0, 0.05) is 18.2 Å². The van der Waals surface area contributed by atoms with Crippen LogP contribution in [0.5, 0.6) is 0 Å². The molecular formula is C15H13NO5. The molecule has 0 radical (unpaired) electrons. The molecule has 6 heteroatoms. The van der Waals surface area contributed by atoms with Crippen molar-refractivity contribution in [3.05, 3.63) is 66.0 Å². The second kappa shape index (κ2) is 8.11. The van der Waals surface area contributed by atoms with Gasteiger partial charge in [-0.05, 0) is 17.7 Å². The van der Waals surface area contributed by atoms with Gasteiger partial charge in [-0.1, -0.05) is 30.3 Å². The minimum absolute atomic E-state index is 0.0846. The van der Waals surface area contributed by atoms with Crippen LogP contribution in [-0.4, -0.2) is 28.0 Å². The number of allylic oxidation sites excluding steroid dienone is 1. The molecule has 0 spiro atoms. The monoisotopic (exact) mass is 287 g/mol. The predicted octanol–water partition coefficient (Wildman–Crippen LogP) is 1.43. The van der Waals surface area contributed by atoms with Crippen LogP contribution in [-0.2, 0) is 14.4 Å². The molecule has 1 aliphatic heterocycles. The number of aliphatic hydroxyl groups is 1. The summed E-state index contributed by atoms with van der Waals surface area (Å²) in [7, 11) is 0. The third-order valence-corrected chi connectivity index (χ3v) is 2.14. The Morgan fingerprint density at radius 2 is 1.52 bits per heavy atom. The van der Waals surface area contributed by atoms with Gasteiger partial charge >= 0.3 is 5.97 Å². The number of carbonyl (C=O) groups excluding carboxylic acids is 2. The molecule has 2 rings (SSSR count). The summed E-state index contributed by atoms with van der Waals surface area (Å²) >= 11 is 0. The van der Waals surface area contributed by atoms with Crippen LogP contribution in [0.2, 0.25) is 0 Å². The highest BCUT2D eigenvalue weighted by Gasteiger charge is 2.06. The van der Waals surface area contributed by atoms with E-state index in [9.17, 15) is 19.5 Å². The number of aliphatic carboxylic acids is 1. The van der Waals surface area contributed by atoms with Gasteiger partial charge in [0.1, 0.15) is 5.76 Å². The van der Waals surface area contributed by atoms with Crippen LogP contribution < -0.4 is 5.32 Å². The van der Waals surface area contributed by atoms with Gasteiger partial charge in [-0.3, -0.25) is 14.9 Å². The van der Waals surface area contributed by atoms with Gasteiger partial charge in [0.15, 0.2) is 0 Å². The number of carboxylic acid groups (broad SMARTS) is 1. The summed E-state index contributed by atoms with van der Waals surface area (Å²) in [4.78, 5) is 30.2. The molecule has 0 aromatic heterocycles. The molecule has 6 nitrogen and oxygen atoms in total. The Morgan fingerprint density at radius 1 is 0.952 bits per heavy atom. The summed E-state index contributed by atoms with van der Waals surface area (Å²) < 4.78 is 0. The zero-order valence-corrected chi connectivity index (χ0v) is 10.9. The molecule has 0 bridgehead atoms. The van der Waals surface area contributed by atoms with E-state index in [2.05, 4.69) is 0 Å². The molecule has 0 atom stereocenters. The second-order valence-electron chi connectivity index (χ2n) is 3.84. The third-order valence-electron chi connectivity index (χ3n) is 2.14. The lowest BCUT2D eigenvalue weighted by atomic mass is 10.2. The molecule has 21 heavy (non-hydrogen) atoms. The highest BCUT2D eigenvalue weighted by atomic mass is 16.4. The van der Waals surface area contributed by atoms with Gasteiger partial charge in [0.05, 0.1) is 0 Å². The molecule has 0 fully saturated rings. The normalized spacial score (nSPS) is 13.8. The highest BCUT2D eigenvalue weighted by Crippen LogP contribution is 2.04. The Hall–Kier alpha value is -3.15. The van der Waals surface area contributed by atoms with Gasteiger partial charge in [0.2, 0.25) is 0 Å². The summed E-state index contributed by atoms with van der Waals surface area (Å²) in [5.74, 6) is -1.83. The molecular weight excluding hydrogens is 274 g/mol. The van der Waals surface area contributed by atoms with Crippen LogP contribution in [0.15, 0.2) is 60.4 Å². The largest absolute Gasteiger partial charge is 0.508 e. The van der Waals surface area contributed by atoms with Crippen molar-refractivity contribution in [1.29, 1.82) is 0 Å². The molecule has 1 aromatic carbocycles.